The van der Waals surface area contributed by atoms with Crippen LogP contribution in [0.1, 0.15) is 52.4 Å². The third-order valence-corrected chi connectivity index (χ3v) is 5.41. The summed E-state index contributed by atoms with van der Waals surface area (Å²) in [6, 6.07) is 2.21. The standard InChI is InChI=1S/C13H23NO2S/c1-13(2,11-14)8-5-9-17(15,16)10-12-6-3-4-7-12/h12H,3-10H2,1-2H3. The van der Waals surface area contributed by atoms with Gasteiger partial charge in [0.25, 0.3) is 0 Å². The van der Waals surface area contributed by atoms with Crippen LogP contribution >= 0.6 is 0 Å². The fourth-order valence-corrected chi connectivity index (χ4v) is 4.21. The first-order chi connectivity index (χ1) is 7.85. The largest absolute Gasteiger partial charge is 0.229 e. The molecule has 1 saturated carbocycles. The zero-order valence-electron chi connectivity index (χ0n) is 10.9. The fraction of sp³-hybridized carbons (Fsp3) is 0.923. The van der Waals surface area contributed by atoms with Crippen molar-refractivity contribution in [3.05, 3.63) is 0 Å². The lowest BCUT2D eigenvalue weighted by Gasteiger charge is -2.15. The maximum atomic E-state index is 11.9. The molecule has 0 aromatic carbocycles. The zero-order chi connectivity index (χ0) is 12.9. The van der Waals surface area contributed by atoms with Crippen molar-refractivity contribution in [2.24, 2.45) is 11.3 Å². The molecule has 0 aromatic rings. The summed E-state index contributed by atoms with van der Waals surface area (Å²) in [4.78, 5) is 0. The van der Waals surface area contributed by atoms with E-state index in [9.17, 15) is 8.42 Å². The van der Waals surface area contributed by atoms with Crippen molar-refractivity contribution >= 4 is 9.84 Å². The van der Waals surface area contributed by atoms with E-state index in [0.717, 1.165) is 12.8 Å². The van der Waals surface area contributed by atoms with E-state index in [1.807, 2.05) is 13.8 Å². The van der Waals surface area contributed by atoms with Crippen LogP contribution in [0.3, 0.4) is 0 Å². The van der Waals surface area contributed by atoms with Gasteiger partial charge in [0.15, 0.2) is 9.84 Å². The van der Waals surface area contributed by atoms with Crippen LogP contribution in [0.15, 0.2) is 0 Å². The molecule has 0 spiro atoms. The molecule has 0 aliphatic heterocycles. The Hall–Kier alpha value is -0.560. The third-order valence-electron chi connectivity index (χ3n) is 3.52. The van der Waals surface area contributed by atoms with Gasteiger partial charge in [-0.1, -0.05) is 12.8 Å². The molecule has 1 aliphatic rings. The first-order valence-electron chi connectivity index (χ1n) is 6.46. The van der Waals surface area contributed by atoms with E-state index in [2.05, 4.69) is 6.07 Å². The average Bonchev–Trinajstić information content (AvgIpc) is 2.69. The molecule has 0 aromatic heterocycles. The number of hydrogen-bond donors (Lipinski definition) is 0. The van der Waals surface area contributed by atoms with Crippen LogP contribution in [0.4, 0.5) is 0 Å². The molecule has 0 unspecified atom stereocenters. The van der Waals surface area contributed by atoms with E-state index in [-0.39, 0.29) is 5.75 Å². The van der Waals surface area contributed by atoms with E-state index in [0.29, 0.717) is 24.5 Å². The SMILES string of the molecule is CC(C)(C#N)CCCS(=O)(=O)CC1CCCC1. The lowest BCUT2D eigenvalue weighted by atomic mass is 9.90. The minimum Gasteiger partial charge on any atom is -0.229 e. The van der Waals surface area contributed by atoms with Gasteiger partial charge >= 0.3 is 0 Å². The monoisotopic (exact) mass is 257 g/mol. The molecule has 98 valence electrons. The van der Waals surface area contributed by atoms with Gasteiger partial charge in [-0.2, -0.15) is 5.26 Å². The van der Waals surface area contributed by atoms with Crippen LogP contribution in [0.25, 0.3) is 0 Å². The molecular formula is C13H23NO2S. The number of sulfone groups is 1. The van der Waals surface area contributed by atoms with Gasteiger partial charge in [0.05, 0.1) is 23.0 Å². The molecule has 0 saturated heterocycles. The topological polar surface area (TPSA) is 57.9 Å². The minimum atomic E-state index is -2.91. The van der Waals surface area contributed by atoms with Crippen molar-refractivity contribution in [1.29, 1.82) is 5.26 Å². The molecule has 1 rings (SSSR count). The highest BCUT2D eigenvalue weighted by Gasteiger charge is 2.23. The van der Waals surface area contributed by atoms with Gasteiger partial charge in [0, 0.05) is 0 Å². The lowest BCUT2D eigenvalue weighted by Crippen LogP contribution is -2.18. The second-order valence-electron chi connectivity index (χ2n) is 5.86. The predicted molar refractivity (Wildman–Crippen MR) is 69.2 cm³/mol. The first kappa shape index (κ1) is 14.5. The lowest BCUT2D eigenvalue weighted by molar-refractivity contribution is 0.444. The Bertz CT molecular complexity index is 373. The summed E-state index contributed by atoms with van der Waals surface area (Å²) in [6.07, 6.45) is 5.78. The molecule has 4 heteroatoms. The average molecular weight is 257 g/mol. The summed E-state index contributed by atoms with van der Waals surface area (Å²) in [6.45, 7) is 3.72. The van der Waals surface area contributed by atoms with Crippen molar-refractivity contribution in [3.8, 4) is 6.07 Å². The van der Waals surface area contributed by atoms with Gasteiger partial charge in [0.2, 0.25) is 0 Å². The number of hydrogen-bond acceptors (Lipinski definition) is 3. The van der Waals surface area contributed by atoms with Crippen LogP contribution in [0.5, 0.6) is 0 Å². The number of nitrogens with zero attached hydrogens (tertiary/aromatic N) is 1. The van der Waals surface area contributed by atoms with Crippen molar-refractivity contribution < 1.29 is 8.42 Å². The zero-order valence-corrected chi connectivity index (χ0v) is 11.7. The number of rotatable bonds is 6. The second-order valence-corrected chi connectivity index (χ2v) is 8.09. The van der Waals surface area contributed by atoms with Gasteiger partial charge in [-0.05, 0) is 45.4 Å². The Balaban J connectivity index is 2.32. The van der Waals surface area contributed by atoms with Crippen LogP contribution in [-0.4, -0.2) is 19.9 Å². The molecule has 1 aliphatic carbocycles. The summed E-state index contributed by atoms with van der Waals surface area (Å²) < 4.78 is 23.8. The quantitative estimate of drug-likeness (QED) is 0.735. The molecule has 1 fully saturated rings. The summed E-state index contributed by atoms with van der Waals surface area (Å²) in [7, 11) is -2.91. The van der Waals surface area contributed by atoms with Gasteiger partial charge in [-0.15, -0.1) is 0 Å². The summed E-state index contributed by atoms with van der Waals surface area (Å²) in [5.74, 6) is 0.998. The Morgan fingerprint density at radius 2 is 1.88 bits per heavy atom. The Morgan fingerprint density at radius 1 is 1.29 bits per heavy atom. The maximum Gasteiger partial charge on any atom is 0.150 e. The van der Waals surface area contributed by atoms with Gasteiger partial charge in [0.1, 0.15) is 0 Å². The van der Waals surface area contributed by atoms with Crippen LogP contribution in [-0.2, 0) is 9.84 Å². The third kappa shape index (κ3) is 5.54. The highest BCUT2D eigenvalue weighted by Crippen LogP contribution is 2.27. The van der Waals surface area contributed by atoms with Crippen molar-refractivity contribution in [2.75, 3.05) is 11.5 Å². The summed E-state index contributed by atoms with van der Waals surface area (Å²) in [5, 5.41) is 8.85. The highest BCUT2D eigenvalue weighted by atomic mass is 32.2. The van der Waals surface area contributed by atoms with Gasteiger partial charge < -0.3 is 0 Å². The minimum absolute atomic E-state index is 0.245. The molecule has 0 amide bonds. The van der Waals surface area contributed by atoms with Gasteiger partial charge in [-0.3, -0.25) is 0 Å². The smallest absolute Gasteiger partial charge is 0.150 e. The molecule has 0 bridgehead atoms. The molecule has 17 heavy (non-hydrogen) atoms. The maximum absolute atomic E-state index is 11.9. The summed E-state index contributed by atoms with van der Waals surface area (Å²) in [5.41, 5.74) is -0.400. The van der Waals surface area contributed by atoms with Crippen molar-refractivity contribution in [3.63, 3.8) is 0 Å². The fourth-order valence-electron chi connectivity index (χ4n) is 2.41. The molecule has 0 radical (unpaired) electrons. The second kappa shape index (κ2) is 5.86. The van der Waals surface area contributed by atoms with Crippen molar-refractivity contribution in [2.45, 2.75) is 52.4 Å². The molecular weight excluding hydrogens is 234 g/mol. The molecule has 0 heterocycles. The van der Waals surface area contributed by atoms with E-state index in [4.69, 9.17) is 5.26 Å². The van der Waals surface area contributed by atoms with Crippen LogP contribution in [0, 0.1) is 22.7 Å². The first-order valence-corrected chi connectivity index (χ1v) is 8.28. The summed E-state index contributed by atoms with van der Waals surface area (Å²) >= 11 is 0. The molecule has 0 N–H and O–H groups in total. The number of nitriles is 1. The van der Waals surface area contributed by atoms with Gasteiger partial charge in [-0.25, -0.2) is 8.42 Å². The predicted octanol–water partition coefficient (Wildman–Crippen LogP) is 2.92. The Kier molecular flexibility index (Phi) is 5.00. The van der Waals surface area contributed by atoms with Crippen LogP contribution in [0.2, 0.25) is 0 Å². The van der Waals surface area contributed by atoms with Crippen molar-refractivity contribution in [1.82, 2.24) is 0 Å². The van der Waals surface area contributed by atoms with Crippen LogP contribution < -0.4 is 0 Å². The Labute approximate surface area is 105 Å². The van der Waals surface area contributed by atoms with E-state index in [1.54, 1.807) is 0 Å². The normalized spacial score (nSPS) is 18.2. The van der Waals surface area contributed by atoms with E-state index < -0.39 is 15.3 Å². The molecule has 3 nitrogen and oxygen atoms in total. The van der Waals surface area contributed by atoms with E-state index >= 15 is 0 Å². The highest BCUT2D eigenvalue weighted by molar-refractivity contribution is 7.91. The Morgan fingerprint density at radius 3 is 2.41 bits per heavy atom. The van der Waals surface area contributed by atoms with E-state index in [1.165, 1.54) is 12.8 Å². The molecule has 0 atom stereocenters.